The molecule has 0 bridgehead atoms. The number of hydrogen-bond donors (Lipinski definition) is 2. The summed E-state index contributed by atoms with van der Waals surface area (Å²) in [5.41, 5.74) is 6.22. The molecule has 5 nitrogen and oxygen atoms in total. The molecule has 1 atom stereocenters. The van der Waals surface area contributed by atoms with Gasteiger partial charge in [0.2, 0.25) is 0 Å². The summed E-state index contributed by atoms with van der Waals surface area (Å²) in [6, 6.07) is 3.71. The highest BCUT2D eigenvalue weighted by Gasteiger charge is 2.20. The van der Waals surface area contributed by atoms with Crippen molar-refractivity contribution in [2.24, 2.45) is 0 Å². The molecule has 0 saturated carbocycles. The molecule has 1 saturated heterocycles. The zero-order chi connectivity index (χ0) is 10.7. The van der Waals surface area contributed by atoms with Crippen LogP contribution in [0.4, 0.5) is 11.5 Å². The van der Waals surface area contributed by atoms with Crippen molar-refractivity contribution >= 4 is 11.5 Å². The lowest BCUT2D eigenvalue weighted by molar-refractivity contribution is 0.00336. The number of aromatic nitrogens is 1. The number of ether oxygens (including phenoxy) is 1. The fourth-order valence-electron chi connectivity index (χ4n) is 1.62. The van der Waals surface area contributed by atoms with Crippen LogP contribution in [0.3, 0.4) is 0 Å². The van der Waals surface area contributed by atoms with Gasteiger partial charge >= 0.3 is 0 Å². The molecular weight excluding hydrogens is 194 g/mol. The van der Waals surface area contributed by atoms with Gasteiger partial charge in [0.05, 0.1) is 31.2 Å². The largest absolute Gasteiger partial charge is 0.397 e. The number of morpholine rings is 1. The Morgan fingerprint density at radius 3 is 3.13 bits per heavy atom. The van der Waals surface area contributed by atoms with Crippen molar-refractivity contribution in [1.29, 1.82) is 0 Å². The highest BCUT2D eigenvalue weighted by Crippen LogP contribution is 2.15. The van der Waals surface area contributed by atoms with Crippen molar-refractivity contribution in [3.8, 4) is 0 Å². The van der Waals surface area contributed by atoms with Crippen LogP contribution in [-0.4, -0.2) is 42.5 Å². The highest BCUT2D eigenvalue weighted by molar-refractivity contribution is 5.46. The van der Waals surface area contributed by atoms with Gasteiger partial charge in [-0.3, -0.25) is 0 Å². The molecule has 15 heavy (non-hydrogen) atoms. The van der Waals surface area contributed by atoms with Crippen molar-refractivity contribution in [1.82, 2.24) is 4.98 Å². The summed E-state index contributed by atoms with van der Waals surface area (Å²) < 4.78 is 5.36. The molecule has 1 aromatic heterocycles. The van der Waals surface area contributed by atoms with E-state index in [0.717, 1.165) is 12.4 Å². The van der Waals surface area contributed by atoms with Gasteiger partial charge in [0, 0.05) is 13.1 Å². The van der Waals surface area contributed by atoms with Gasteiger partial charge in [0.1, 0.15) is 5.82 Å². The molecule has 0 spiro atoms. The van der Waals surface area contributed by atoms with Gasteiger partial charge in [-0.15, -0.1) is 0 Å². The molecule has 2 heterocycles. The maximum absolute atomic E-state index is 9.01. The Kier molecular flexibility index (Phi) is 3.03. The minimum absolute atomic E-state index is 0.0471. The molecule has 0 amide bonds. The number of nitrogens with two attached hydrogens (primary N) is 1. The molecule has 1 fully saturated rings. The van der Waals surface area contributed by atoms with Crippen molar-refractivity contribution in [3.05, 3.63) is 18.3 Å². The van der Waals surface area contributed by atoms with Crippen molar-refractivity contribution in [2.45, 2.75) is 6.10 Å². The highest BCUT2D eigenvalue weighted by atomic mass is 16.5. The predicted molar refractivity (Wildman–Crippen MR) is 57.7 cm³/mol. The molecule has 5 heteroatoms. The Balaban J connectivity index is 2.06. The summed E-state index contributed by atoms with van der Waals surface area (Å²) >= 11 is 0. The van der Waals surface area contributed by atoms with Crippen molar-refractivity contribution in [3.63, 3.8) is 0 Å². The third-order valence-electron chi connectivity index (χ3n) is 2.44. The van der Waals surface area contributed by atoms with E-state index in [2.05, 4.69) is 9.88 Å². The second-order valence-corrected chi connectivity index (χ2v) is 3.57. The third-order valence-corrected chi connectivity index (χ3v) is 2.44. The van der Waals surface area contributed by atoms with Gasteiger partial charge in [-0.2, -0.15) is 0 Å². The summed E-state index contributed by atoms with van der Waals surface area (Å²) in [5, 5.41) is 9.01. The second-order valence-electron chi connectivity index (χ2n) is 3.57. The summed E-state index contributed by atoms with van der Waals surface area (Å²) in [6.45, 7) is 2.14. The molecule has 0 aromatic carbocycles. The van der Waals surface area contributed by atoms with E-state index < -0.39 is 0 Å². The number of rotatable bonds is 2. The Morgan fingerprint density at radius 2 is 2.47 bits per heavy atom. The van der Waals surface area contributed by atoms with Gasteiger partial charge in [-0.25, -0.2) is 4.98 Å². The number of aliphatic hydroxyl groups is 1. The molecule has 2 rings (SSSR count). The fourth-order valence-corrected chi connectivity index (χ4v) is 1.62. The lowest BCUT2D eigenvalue weighted by Crippen LogP contribution is -2.44. The van der Waals surface area contributed by atoms with Gasteiger partial charge in [0.25, 0.3) is 0 Å². The minimum atomic E-state index is -0.113. The molecule has 1 aliphatic heterocycles. The van der Waals surface area contributed by atoms with Crippen LogP contribution < -0.4 is 10.6 Å². The van der Waals surface area contributed by atoms with Gasteiger partial charge in [0.15, 0.2) is 0 Å². The second kappa shape index (κ2) is 4.46. The molecule has 0 radical (unpaired) electrons. The summed E-state index contributed by atoms with van der Waals surface area (Å²) in [4.78, 5) is 6.32. The topological polar surface area (TPSA) is 71.6 Å². The number of nitrogens with zero attached hydrogens (tertiary/aromatic N) is 2. The summed E-state index contributed by atoms with van der Waals surface area (Å²) in [6.07, 6.45) is 1.52. The van der Waals surface area contributed by atoms with E-state index in [4.69, 9.17) is 15.6 Å². The molecular formula is C10H15N3O2. The molecule has 82 valence electrons. The SMILES string of the molecule is Nc1ccc(N2CCO[C@H](CO)C2)nc1. The first-order valence-corrected chi connectivity index (χ1v) is 4.98. The molecule has 1 aromatic rings. The first-order valence-electron chi connectivity index (χ1n) is 4.98. The van der Waals surface area contributed by atoms with Crippen LogP contribution in [0.15, 0.2) is 18.3 Å². The smallest absolute Gasteiger partial charge is 0.128 e. The first kappa shape index (κ1) is 10.2. The van der Waals surface area contributed by atoms with Gasteiger partial charge < -0.3 is 20.5 Å². The van der Waals surface area contributed by atoms with Crippen LogP contribution in [0.25, 0.3) is 0 Å². The lowest BCUT2D eigenvalue weighted by atomic mass is 10.2. The van der Waals surface area contributed by atoms with E-state index in [1.165, 1.54) is 0 Å². The van der Waals surface area contributed by atoms with E-state index in [1.54, 1.807) is 6.20 Å². The number of aliphatic hydroxyl groups excluding tert-OH is 1. The fraction of sp³-hybridized carbons (Fsp3) is 0.500. The van der Waals surface area contributed by atoms with E-state index in [1.807, 2.05) is 12.1 Å². The first-order chi connectivity index (χ1) is 7.29. The monoisotopic (exact) mass is 209 g/mol. The van der Waals surface area contributed by atoms with Crippen LogP contribution in [0, 0.1) is 0 Å². The van der Waals surface area contributed by atoms with Crippen LogP contribution in [0.1, 0.15) is 0 Å². The van der Waals surface area contributed by atoms with E-state index in [9.17, 15) is 0 Å². The van der Waals surface area contributed by atoms with Crippen LogP contribution in [0.2, 0.25) is 0 Å². The Morgan fingerprint density at radius 1 is 1.60 bits per heavy atom. The number of pyridine rings is 1. The van der Waals surface area contributed by atoms with Crippen molar-refractivity contribution < 1.29 is 9.84 Å². The predicted octanol–water partition coefficient (Wildman–Crippen LogP) is -0.139. The molecule has 1 aliphatic rings. The molecule has 0 unspecified atom stereocenters. The van der Waals surface area contributed by atoms with Crippen LogP contribution >= 0.6 is 0 Å². The lowest BCUT2D eigenvalue weighted by Gasteiger charge is -2.32. The van der Waals surface area contributed by atoms with Gasteiger partial charge in [-0.1, -0.05) is 0 Å². The summed E-state index contributed by atoms with van der Waals surface area (Å²) in [5.74, 6) is 0.881. The minimum Gasteiger partial charge on any atom is -0.397 e. The van der Waals surface area contributed by atoms with E-state index in [0.29, 0.717) is 18.8 Å². The maximum atomic E-state index is 9.01. The molecule has 0 aliphatic carbocycles. The van der Waals surface area contributed by atoms with E-state index in [-0.39, 0.29) is 12.7 Å². The molecule has 3 N–H and O–H groups in total. The Labute approximate surface area is 88.5 Å². The van der Waals surface area contributed by atoms with Gasteiger partial charge in [-0.05, 0) is 12.1 Å². The quantitative estimate of drug-likeness (QED) is 0.709. The maximum Gasteiger partial charge on any atom is 0.128 e. The number of anilines is 2. The standard InChI is InChI=1S/C10H15N3O2/c11-8-1-2-10(12-5-8)13-3-4-15-9(6-13)7-14/h1-2,5,9,14H,3-4,6-7,11H2/t9-/m0/s1. The average Bonchev–Trinajstić information content (AvgIpc) is 2.30. The van der Waals surface area contributed by atoms with Crippen molar-refractivity contribution in [2.75, 3.05) is 36.9 Å². The summed E-state index contributed by atoms with van der Waals surface area (Å²) in [7, 11) is 0. The Bertz CT molecular complexity index is 315. The van der Waals surface area contributed by atoms with Crippen LogP contribution in [0.5, 0.6) is 0 Å². The average molecular weight is 209 g/mol. The normalized spacial score (nSPS) is 21.7. The van der Waals surface area contributed by atoms with Crippen LogP contribution in [-0.2, 0) is 4.74 Å². The number of nitrogen functional groups attached to an aromatic ring is 1. The van der Waals surface area contributed by atoms with E-state index >= 15 is 0 Å². The third kappa shape index (κ3) is 2.37. The number of hydrogen-bond acceptors (Lipinski definition) is 5. The zero-order valence-electron chi connectivity index (χ0n) is 8.47. The Hall–Kier alpha value is -1.33. The zero-order valence-corrected chi connectivity index (χ0v) is 8.47.